The number of nitrogens with zero attached hydrogens (tertiary/aromatic N) is 3. The van der Waals surface area contributed by atoms with Crippen LogP contribution < -0.4 is 5.32 Å². The van der Waals surface area contributed by atoms with E-state index in [1.165, 1.54) is 12.8 Å². The molecular formula is C13H24N4O. The van der Waals surface area contributed by atoms with Gasteiger partial charge in [-0.05, 0) is 34.0 Å². The van der Waals surface area contributed by atoms with Crippen molar-refractivity contribution in [1.29, 1.82) is 0 Å². The lowest BCUT2D eigenvalue weighted by molar-refractivity contribution is 0.245. The molecule has 18 heavy (non-hydrogen) atoms. The Morgan fingerprint density at radius 3 is 2.78 bits per heavy atom. The van der Waals surface area contributed by atoms with Crippen LogP contribution in [-0.2, 0) is 13.1 Å². The van der Waals surface area contributed by atoms with Crippen LogP contribution in [0.3, 0.4) is 0 Å². The van der Waals surface area contributed by atoms with Crippen LogP contribution in [0.25, 0.3) is 0 Å². The third-order valence-corrected chi connectivity index (χ3v) is 3.11. The highest BCUT2D eigenvalue weighted by atomic mass is 16.5. The molecule has 0 aromatic carbocycles. The van der Waals surface area contributed by atoms with Crippen molar-refractivity contribution < 1.29 is 4.52 Å². The normalized spacial score (nSPS) is 15.8. The first-order valence-electron chi connectivity index (χ1n) is 6.64. The second-order valence-corrected chi connectivity index (χ2v) is 5.48. The average Bonchev–Trinajstić information content (AvgIpc) is 3.05. The highest BCUT2D eigenvalue weighted by molar-refractivity contribution is 5.05. The number of likely N-dealkylation sites (N-methyl/N-ethyl adjacent to an activating group) is 2. The predicted octanol–water partition coefficient (Wildman–Crippen LogP) is 0.920. The number of nitrogens with one attached hydrogen (secondary N) is 1. The standard InChI is InChI=1S/C13H24N4O/c1-16(2)6-7-17(3)10-13-8-12(15-18-13)9-14-11-4-5-11/h8,11,14H,4-7,9-10H2,1-3H3. The maximum absolute atomic E-state index is 5.35. The Morgan fingerprint density at radius 2 is 2.11 bits per heavy atom. The summed E-state index contributed by atoms with van der Waals surface area (Å²) >= 11 is 0. The number of hydrogen-bond acceptors (Lipinski definition) is 5. The summed E-state index contributed by atoms with van der Waals surface area (Å²) in [5.41, 5.74) is 1.01. The molecule has 1 fully saturated rings. The lowest BCUT2D eigenvalue weighted by Crippen LogP contribution is -2.28. The van der Waals surface area contributed by atoms with E-state index in [1.54, 1.807) is 0 Å². The molecule has 0 radical (unpaired) electrons. The van der Waals surface area contributed by atoms with E-state index < -0.39 is 0 Å². The number of hydrogen-bond donors (Lipinski definition) is 1. The van der Waals surface area contributed by atoms with Gasteiger partial charge in [0.15, 0.2) is 5.76 Å². The van der Waals surface area contributed by atoms with Crippen molar-refractivity contribution in [2.75, 3.05) is 34.2 Å². The van der Waals surface area contributed by atoms with Gasteiger partial charge in [0.2, 0.25) is 0 Å². The zero-order chi connectivity index (χ0) is 13.0. The minimum atomic E-state index is 0.716. The van der Waals surface area contributed by atoms with Crippen molar-refractivity contribution in [3.8, 4) is 0 Å². The van der Waals surface area contributed by atoms with Crippen molar-refractivity contribution >= 4 is 0 Å². The number of rotatable bonds is 8. The molecule has 5 nitrogen and oxygen atoms in total. The fourth-order valence-corrected chi connectivity index (χ4v) is 1.77. The van der Waals surface area contributed by atoms with Crippen molar-refractivity contribution in [1.82, 2.24) is 20.3 Å². The van der Waals surface area contributed by atoms with Crippen LogP contribution >= 0.6 is 0 Å². The van der Waals surface area contributed by atoms with Gasteiger partial charge in [-0.25, -0.2) is 0 Å². The molecule has 0 atom stereocenters. The Balaban J connectivity index is 1.71. The largest absolute Gasteiger partial charge is 0.360 e. The summed E-state index contributed by atoms with van der Waals surface area (Å²) in [5, 5.41) is 7.53. The maximum atomic E-state index is 5.35. The highest BCUT2D eigenvalue weighted by Gasteiger charge is 2.20. The van der Waals surface area contributed by atoms with Gasteiger partial charge in [-0.3, -0.25) is 4.90 Å². The van der Waals surface area contributed by atoms with Gasteiger partial charge in [0, 0.05) is 31.7 Å². The van der Waals surface area contributed by atoms with Crippen molar-refractivity contribution in [3.05, 3.63) is 17.5 Å². The SMILES string of the molecule is CN(C)CCN(C)Cc1cc(CNC2CC2)no1. The van der Waals surface area contributed by atoms with Gasteiger partial charge in [0.1, 0.15) is 0 Å². The molecule has 0 amide bonds. The van der Waals surface area contributed by atoms with E-state index in [1.807, 2.05) is 0 Å². The second-order valence-electron chi connectivity index (χ2n) is 5.48. The molecule has 1 aliphatic carbocycles. The van der Waals surface area contributed by atoms with E-state index in [0.717, 1.165) is 37.6 Å². The molecule has 0 spiro atoms. The monoisotopic (exact) mass is 252 g/mol. The zero-order valence-electron chi connectivity index (χ0n) is 11.6. The number of aromatic nitrogens is 1. The third-order valence-electron chi connectivity index (χ3n) is 3.11. The molecule has 0 bridgehead atoms. The lowest BCUT2D eigenvalue weighted by Gasteiger charge is -2.17. The first-order valence-corrected chi connectivity index (χ1v) is 6.64. The fourth-order valence-electron chi connectivity index (χ4n) is 1.77. The molecule has 1 aliphatic rings. The molecule has 1 saturated carbocycles. The molecule has 0 aliphatic heterocycles. The topological polar surface area (TPSA) is 44.5 Å². The van der Waals surface area contributed by atoms with Gasteiger partial charge >= 0.3 is 0 Å². The molecule has 5 heteroatoms. The quantitative estimate of drug-likeness (QED) is 0.745. The first-order chi connectivity index (χ1) is 8.63. The fraction of sp³-hybridized carbons (Fsp3) is 0.769. The Morgan fingerprint density at radius 1 is 1.33 bits per heavy atom. The van der Waals surface area contributed by atoms with Crippen molar-refractivity contribution in [3.63, 3.8) is 0 Å². The van der Waals surface area contributed by atoms with Crippen LogP contribution in [0, 0.1) is 0 Å². The van der Waals surface area contributed by atoms with Crippen LogP contribution in [0.1, 0.15) is 24.3 Å². The summed E-state index contributed by atoms with van der Waals surface area (Å²) in [6.45, 7) is 3.74. The first kappa shape index (κ1) is 13.5. The smallest absolute Gasteiger partial charge is 0.151 e. The second kappa shape index (κ2) is 6.31. The van der Waals surface area contributed by atoms with Gasteiger partial charge in [0.05, 0.1) is 12.2 Å². The van der Waals surface area contributed by atoms with Gasteiger partial charge in [0.25, 0.3) is 0 Å². The minimum Gasteiger partial charge on any atom is -0.360 e. The van der Waals surface area contributed by atoms with Crippen molar-refractivity contribution in [2.45, 2.75) is 32.0 Å². The molecule has 1 N–H and O–H groups in total. The van der Waals surface area contributed by atoms with E-state index >= 15 is 0 Å². The summed E-state index contributed by atoms with van der Waals surface area (Å²) in [5.74, 6) is 0.948. The molecule has 0 saturated heterocycles. The predicted molar refractivity (Wildman–Crippen MR) is 71.3 cm³/mol. The average molecular weight is 252 g/mol. The van der Waals surface area contributed by atoms with Gasteiger partial charge in [-0.1, -0.05) is 5.16 Å². The van der Waals surface area contributed by atoms with Crippen LogP contribution in [0.2, 0.25) is 0 Å². The third kappa shape index (κ3) is 4.76. The van der Waals surface area contributed by atoms with Gasteiger partial charge in [-0.2, -0.15) is 0 Å². The van der Waals surface area contributed by atoms with Crippen LogP contribution in [-0.4, -0.2) is 55.2 Å². The van der Waals surface area contributed by atoms with E-state index in [9.17, 15) is 0 Å². The molecule has 1 aromatic rings. The summed E-state index contributed by atoms with van der Waals surface area (Å²) in [6, 6.07) is 2.77. The van der Waals surface area contributed by atoms with Gasteiger partial charge in [-0.15, -0.1) is 0 Å². The van der Waals surface area contributed by atoms with E-state index in [0.29, 0.717) is 6.04 Å². The molecule has 2 rings (SSSR count). The Bertz CT molecular complexity index is 360. The summed E-state index contributed by atoms with van der Waals surface area (Å²) < 4.78 is 5.35. The molecule has 1 aromatic heterocycles. The maximum Gasteiger partial charge on any atom is 0.151 e. The Labute approximate surface area is 109 Å². The Hall–Kier alpha value is -0.910. The summed E-state index contributed by atoms with van der Waals surface area (Å²) in [4.78, 5) is 4.43. The molecule has 1 heterocycles. The summed E-state index contributed by atoms with van der Waals surface area (Å²) in [6.07, 6.45) is 2.61. The van der Waals surface area contributed by atoms with Gasteiger partial charge < -0.3 is 14.7 Å². The van der Waals surface area contributed by atoms with E-state index in [4.69, 9.17) is 4.52 Å². The highest BCUT2D eigenvalue weighted by Crippen LogP contribution is 2.19. The zero-order valence-corrected chi connectivity index (χ0v) is 11.6. The van der Waals surface area contributed by atoms with E-state index in [-0.39, 0.29) is 0 Å². The lowest BCUT2D eigenvalue weighted by atomic mass is 10.3. The van der Waals surface area contributed by atoms with Crippen LogP contribution in [0.4, 0.5) is 0 Å². The molecule has 0 unspecified atom stereocenters. The van der Waals surface area contributed by atoms with Crippen LogP contribution in [0.15, 0.2) is 10.6 Å². The Kier molecular flexibility index (Phi) is 4.74. The van der Waals surface area contributed by atoms with E-state index in [2.05, 4.69) is 47.5 Å². The van der Waals surface area contributed by atoms with Crippen molar-refractivity contribution in [2.24, 2.45) is 0 Å². The minimum absolute atomic E-state index is 0.716. The summed E-state index contributed by atoms with van der Waals surface area (Å²) in [7, 11) is 6.28. The van der Waals surface area contributed by atoms with Crippen LogP contribution in [0.5, 0.6) is 0 Å². The molecule has 102 valence electrons. The molecular weight excluding hydrogens is 228 g/mol.